The Balaban J connectivity index is 1.66. The van der Waals surface area contributed by atoms with E-state index in [1.807, 2.05) is 0 Å². The van der Waals surface area contributed by atoms with Gasteiger partial charge in [0.15, 0.2) is 0 Å². The molecule has 0 aromatic carbocycles. The van der Waals surface area contributed by atoms with Crippen LogP contribution < -0.4 is 5.32 Å². The summed E-state index contributed by atoms with van der Waals surface area (Å²) in [5.41, 5.74) is -0.378. The molecule has 1 N–H and O–H groups in total. The number of nitrogens with zero attached hydrogens (tertiary/aromatic N) is 2. The Morgan fingerprint density at radius 1 is 1.32 bits per heavy atom. The summed E-state index contributed by atoms with van der Waals surface area (Å²) < 4.78 is 63.0. The number of carbonyl (C=O) groups excluding carboxylic acids is 1. The number of pyridine rings is 1. The van der Waals surface area contributed by atoms with Gasteiger partial charge in [-0.05, 0) is 43.4 Å². The molecule has 0 unspecified atom stereocenters. The van der Waals surface area contributed by atoms with Gasteiger partial charge in [0.25, 0.3) is 5.91 Å². The standard InChI is InChI=1S/C17H20F3N3O3S2/c1-10-12-3-4-13(17(18,19)20)22-16(12)27-14(10)15(24)21-9-11-5-7-23(8-6-11)28(2,25)26/h3-4,11H,5-9H2,1-2H3,(H,21,24). The van der Waals surface area contributed by atoms with Gasteiger partial charge < -0.3 is 5.32 Å². The summed E-state index contributed by atoms with van der Waals surface area (Å²) in [5, 5.41) is 3.35. The number of aryl methyl sites for hydroxylation is 1. The Morgan fingerprint density at radius 3 is 2.54 bits per heavy atom. The van der Waals surface area contributed by atoms with Crippen LogP contribution in [-0.2, 0) is 16.2 Å². The molecule has 6 nitrogen and oxygen atoms in total. The number of rotatable bonds is 4. The van der Waals surface area contributed by atoms with Crippen LogP contribution >= 0.6 is 11.3 Å². The average Bonchev–Trinajstić information content (AvgIpc) is 2.95. The van der Waals surface area contributed by atoms with Crippen LogP contribution in [0.4, 0.5) is 13.2 Å². The highest BCUT2D eigenvalue weighted by molar-refractivity contribution is 7.88. The highest BCUT2D eigenvalue weighted by Gasteiger charge is 2.33. The van der Waals surface area contributed by atoms with E-state index < -0.39 is 21.9 Å². The van der Waals surface area contributed by atoms with E-state index in [-0.39, 0.29) is 16.7 Å². The van der Waals surface area contributed by atoms with Crippen LogP contribution in [0.3, 0.4) is 0 Å². The van der Waals surface area contributed by atoms with Gasteiger partial charge in [-0.15, -0.1) is 11.3 Å². The summed E-state index contributed by atoms with van der Waals surface area (Å²) in [4.78, 5) is 16.7. The van der Waals surface area contributed by atoms with E-state index in [9.17, 15) is 26.4 Å². The molecule has 1 fully saturated rings. The molecule has 0 aliphatic carbocycles. The van der Waals surface area contributed by atoms with Crippen LogP contribution in [0.2, 0.25) is 0 Å². The third-order valence-corrected chi connectivity index (χ3v) is 7.40. The fourth-order valence-electron chi connectivity index (χ4n) is 3.24. The summed E-state index contributed by atoms with van der Waals surface area (Å²) >= 11 is 0.942. The number of halogens is 3. The summed E-state index contributed by atoms with van der Waals surface area (Å²) in [6, 6.07) is 2.26. The van der Waals surface area contributed by atoms with E-state index in [2.05, 4.69) is 10.3 Å². The summed E-state index contributed by atoms with van der Waals surface area (Å²) in [6.45, 7) is 2.93. The maximum atomic E-state index is 12.8. The lowest BCUT2D eigenvalue weighted by molar-refractivity contribution is -0.140. The molecule has 11 heteroatoms. The lowest BCUT2D eigenvalue weighted by Crippen LogP contribution is -2.41. The first kappa shape index (κ1) is 21.0. The fraction of sp³-hybridized carbons (Fsp3) is 0.529. The highest BCUT2D eigenvalue weighted by Crippen LogP contribution is 2.34. The maximum absolute atomic E-state index is 12.8. The largest absolute Gasteiger partial charge is 0.433 e. The number of alkyl halides is 3. The van der Waals surface area contributed by atoms with Crippen molar-refractivity contribution in [3.63, 3.8) is 0 Å². The number of piperidine rings is 1. The molecule has 1 saturated heterocycles. The van der Waals surface area contributed by atoms with Crippen molar-refractivity contribution in [3.05, 3.63) is 28.3 Å². The maximum Gasteiger partial charge on any atom is 0.433 e. The first-order valence-corrected chi connectivity index (χ1v) is 11.3. The van der Waals surface area contributed by atoms with Gasteiger partial charge in [-0.3, -0.25) is 4.79 Å². The predicted octanol–water partition coefficient (Wildman–Crippen LogP) is 3.02. The molecule has 1 aliphatic heterocycles. The molecule has 3 rings (SSSR count). The second-order valence-electron chi connectivity index (χ2n) is 6.92. The van der Waals surface area contributed by atoms with E-state index in [0.717, 1.165) is 17.4 Å². The molecule has 0 bridgehead atoms. The third-order valence-electron chi connectivity index (χ3n) is 4.89. The Morgan fingerprint density at radius 2 is 1.96 bits per heavy atom. The van der Waals surface area contributed by atoms with Crippen molar-refractivity contribution >= 4 is 37.5 Å². The second-order valence-corrected chi connectivity index (χ2v) is 9.90. The zero-order valence-corrected chi connectivity index (χ0v) is 17.0. The lowest BCUT2D eigenvalue weighted by Gasteiger charge is -2.30. The van der Waals surface area contributed by atoms with Gasteiger partial charge in [0.2, 0.25) is 10.0 Å². The zero-order chi connectivity index (χ0) is 20.7. The Bertz CT molecular complexity index is 994. The van der Waals surface area contributed by atoms with Gasteiger partial charge in [-0.2, -0.15) is 13.2 Å². The van der Waals surface area contributed by atoms with Gasteiger partial charge in [-0.25, -0.2) is 17.7 Å². The van der Waals surface area contributed by atoms with Crippen molar-refractivity contribution in [3.8, 4) is 0 Å². The van der Waals surface area contributed by atoms with E-state index in [0.29, 0.717) is 48.3 Å². The minimum atomic E-state index is -4.53. The normalized spacial score (nSPS) is 17.2. The van der Waals surface area contributed by atoms with Gasteiger partial charge in [0, 0.05) is 25.0 Å². The van der Waals surface area contributed by atoms with Crippen LogP contribution in [0.5, 0.6) is 0 Å². The number of hydrogen-bond acceptors (Lipinski definition) is 5. The molecule has 154 valence electrons. The molecule has 2 aromatic rings. The van der Waals surface area contributed by atoms with E-state index in [1.54, 1.807) is 6.92 Å². The number of sulfonamides is 1. The smallest absolute Gasteiger partial charge is 0.351 e. The molecule has 28 heavy (non-hydrogen) atoms. The molecule has 0 atom stereocenters. The van der Waals surface area contributed by atoms with Gasteiger partial charge >= 0.3 is 6.18 Å². The number of fused-ring (bicyclic) bond motifs is 1. The minimum absolute atomic E-state index is 0.159. The molecule has 2 aromatic heterocycles. The average molecular weight is 435 g/mol. The van der Waals surface area contributed by atoms with E-state index >= 15 is 0 Å². The summed E-state index contributed by atoms with van der Waals surface area (Å²) in [5.74, 6) is -0.189. The van der Waals surface area contributed by atoms with Crippen LogP contribution in [0.25, 0.3) is 10.2 Å². The third kappa shape index (κ3) is 4.47. The summed E-state index contributed by atoms with van der Waals surface area (Å²) in [6.07, 6.45) is -2.06. The minimum Gasteiger partial charge on any atom is -0.351 e. The molecule has 3 heterocycles. The van der Waals surface area contributed by atoms with Crippen molar-refractivity contribution in [2.75, 3.05) is 25.9 Å². The molecular formula is C17H20F3N3O3S2. The number of hydrogen-bond donors (Lipinski definition) is 1. The Hall–Kier alpha value is -1.72. The first-order valence-electron chi connectivity index (χ1n) is 8.67. The number of carbonyl (C=O) groups is 1. The monoisotopic (exact) mass is 435 g/mol. The lowest BCUT2D eigenvalue weighted by atomic mass is 9.98. The molecule has 0 spiro atoms. The van der Waals surface area contributed by atoms with E-state index in [1.165, 1.54) is 16.6 Å². The fourth-order valence-corrected chi connectivity index (χ4v) is 5.21. The van der Waals surface area contributed by atoms with Crippen molar-refractivity contribution < 1.29 is 26.4 Å². The van der Waals surface area contributed by atoms with Crippen LogP contribution in [0, 0.1) is 12.8 Å². The number of aromatic nitrogens is 1. The van der Waals surface area contributed by atoms with Gasteiger partial charge in [0.1, 0.15) is 10.5 Å². The van der Waals surface area contributed by atoms with Gasteiger partial charge in [-0.1, -0.05) is 0 Å². The summed E-state index contributed by atoms with van der Waals surface area (Å²) in [7, 11) is -3.20. The molecule has 1 amide bonds. The van der Waals surface area contributed by atoms with Crippen LogP contribution in [-0.4, -0.2) is 49.5 Å². The molecule has 1 aliphatic rings. The van der Waals surface area contributed by atoms with Crippen molar-refractivity contribution in [1.82, 2.24) is 14.6 Å². The SMILES string of the molecule is Cc1c(C(=O)NCC2CCN(S(C)(=O)=O)CC2)sc2nc(C(F)(F)F)ccc12. The van der Waals surface area contributed by atoms with E-state index in [4.69, 9.17) is 0 Å². The number of thiophene rings is 1. The quantitative estimate of drug-likeness (QED) is 0.801. The van der Waals surface area contributed by atoms with Gasteiger partial charge in [0.05, 0.1) is 11.1 Å². The van der Waals surface area contributed by atoms with Crippen molar-refractivity contribution in [1.29, 1.82) is 0 Å². The van der Waals surface area contributed by atoms with Crippen molar-refractivity contribution in [2.24, 2.45) is 5.92 Å². The molecular weight excluding hydrogens is 415 g/mol. The number of nitrogens with one attached hydrogen (secondary N) is 1. The second kappa shape index (κ2) is 7.60. The Kier molecular flexibility index (Phi) is 5.70. The van der Waals surface area contributed by atoms with Crippen LogP contribution in [0.1, 0.15) is 33.8 Å². The molecule has 0 saturated carbocycles. The predicted molar refractivity (Wildman–Crippen MR) is 101 cm³/mol. The Labute approximate surface area is 164 Å². The zero-order valence-electron chi connectivity index (χ0n) is 15.3. The number of amides is 1. The molecule has 0 radical (unpaired) electrons. The van der Waals surface area contributed by atoms with Crippen LogP contribution in [0.15, 0.2) is 12.1 Å². The highest BCUT2D eigenvalue weighted by atomic mass is 32.2. The first-order chi connectivity index (χ1) is 13.0. The topological polar surface area (TPSA) is 79.4 Å². The van der Waals surface area contributed by atoms with Crippen molar-refractivity contribution in [2.45, 2.75) is 25.9 Å².